The molecule has 7 atom stereocenters. The maximum atomic E-state index is 14.2. The average molecular weight is 1090 g/mol. The van der Waals surface area contributed by atoms with Crippen LogP contribution in [0.1, 0.15) is 114 Å². The van der Waals surface area contributed by atoms with Crippen LogP contribution in [-0.2, 0) is 65.9 Å². The first-order valence-corrected chi connectivity index (χ1v) is 27.8. The number of hydrogen-bond donors (Lipinski definition) is 7. The molecule has 3 aliphatic rings. The lowest BCUT2D eigenvalue weighted by Gasteiger charge is -2.35. The van der Waals surface area contributed by atoms with Gasteiger partial charge < -0.3 is 51.8 Å². The minimum atomic E-state index is -0.911. The van der Waals surface area contributed by atoms with Crippen molar-refractivity contribution in [2.24, 2.45) is 17.1 Å². The van der Waals surface area contributed by atoms with E-state index in [0.717, 1.165) is 44.0 Å². The molecule has 78 heavy (non-hydrogen) atoms. The quantitative estimate of drug-likeness (QED) is 0.0495. The summed E-state index contributed by atoms with van der Waals surface area (Å²) in [5, 5.41) is 25.1. The summed E-state index contributed by atoms with van der Waals surface area (Å²) in [4.78, 5) is 102. The largest absolute Gasteiger partial charge is 0.444 e. The van der Waals surface area contributed by atoms with E-state index in [1.807, 2.05) is 107 Å². The molecule has 0 aliphatic carbocycles. The van der Waals surface area contributed by atoms with E-state index in [9.17, 15) is 38.7 Å². The number of ether oxygens (including phenoxy) is 2. The van der Waals surface area contributed by atoms with E-state index in [1.165, 1.54) is 9.80 Å². The summed E-state index contributed by atoms with van der Waals surface area (Å²) < 4.78 is 11.7. The molecule has 3 aliphatic heterocycles. The van der Waals surface area contributed by atoms with Crippen molar-refractivity contribution in [3.63, 3.8) is 0 Å². The zero-order valence-corrected chi connectivity index (χ0v) is 46.9. The summed E-state index contributed by atoms with van der Waals surface area (Å²) in [6.45, 7) is 15.6. The molecule has 0 bridgehead atoms. The van der Waals surface area contributed by atoms with Gasteiger partial charge in [0.1, 0.15) is 23.7 Å². The summed E-state index contributed by atoms with van der Waals surface area (Å²) in [6.07, 6.45) is 0.632. The Morgan fingerprint density at radius 3 is 2.24 bits per heavy atom. The number of amides is 8. The number of primary amides is 1. The first kappa shape index (κ1) is 58.8. The Labute approximate surface area is 461 Å². The van der Waals surface area contributed by atoms with E-state index < -0.39 is 83.2 Å². The number of hydrogen-bond acceptors (Lipinski definition) is 12. The number of aliphatic hydroxyl groups excluding tert-OH is 1. The number of anilines is 1. The number of urea groups is 1. The van der Waals surface area contributed by atoms with Gasteiger partial charge in [0, 0.05) is 45.4 Å². The minimum Gasteiger partial charge on any atom is -0.444 e. The fourth-order valence-electron chi connectivity index (χ4n) is 10.3. The van der Waals surface area contributed by atoms with Gasteiger partial charge in [-0.25, -0.2) is 14.6 Å². The molecule has 1 fully saturated rings. The first-order chi connectivity index (χ1) is 36.9. The van der Waals surface area contributed by atoms with Crippen LogP contribution in [0.4, 0.5) is 15.3 Å². The lowest BCUT2D eigenvalue weighted by atomic mass is 9.79. The Hall–Kier alpha value is -6.90. The molecule has 1 aromatic heterocycles. The smallest absolute Gasteiger partial charge is 0.408 e. The Bertz CT molecular complexity index is 2790. The molecule has 420 valence electrons. The standard InChI is InChI=1S/C58H77N9O10S/c1-34-50(78-33-63-34)40-20-18-37(19-21-40)29-61-51(70)46-28-42(68)31-66(46)53(72)43(57(3,4)5)30-62-55(74)60-26-10-11-36-14-16-38(17-15-36)32-76-35(2)44(24-25-48(59)69)64-52(71)47-27-41-13-9-12-39-22-23-45(54(73)67(47)49(39)41)65-56(75)77-58(6,7)8/h9,12-21,33,35,42-47,68H,10-11,22-32H2,1-8H3,(H2,59,69)(H,61,70)(H,64,71)(H,65,75)(H2,60,62,74)/t35-,42-,43?,44+,45+,46+,47+/m1/s1. The normalized spacial score (nSPS) is 19.2. The van der Waals surface area contributed by atoms with Crippen LogP contribution in [0.15, 0.2) is 72.2 Å². The summed E-state index contributed by atoms with van der Waals surface area (Å²) in [7, 11) is 0. The van der Waals surface area contributed by atoms with Crippen molar-refractivity contribution in [3.05, 3.63) is 106 Å². The molecule has 4 aromatic rings. The third kappa shape index (κ3) is 15.4. The molecule has 0 spiro atoms. The van der Waals surface area contributed by atoms with Gasteiger partial charge in [-0.2, -0.15) is 0 Å². The highest BCUT2D eigenvalue weighted by atomic mass is 32.1. The Morgan fingerprint density at radius 1 is 0.885 bits per heavy atom. The second-order valence-electron chi connectivity index (χ2n) is 22.8. The Morgan fingerprint density at radius 2 is 1.58 bits per heavy atom. The van der Waals surface area contributed by atoms with Crippen LogP contribution in [0.5, 0.6) is 0 Å². The van der Waals surface area contributed by atoms with E-state index in [-0.39, 0.29) is 63.7 Å². The van der Waals surface area contributed by atoms with E-state index in [0.29, 0.717) is 37.9 Å². The molecule has 8 N–H and O–H groups in total. The number of para-hydroxylation sites is 1. The summed E-state index contributed by atoms with van der Waals surface area (Å²) >= 11 is 1.57. The van der Waals surface area contributed by atoms with E-state index in [2.05, 4.69) is 31.6 Å². The molecule has 0 saturated carbocycles. The first-order valence-electron chi connectivity index (χ1n) is 26.9. The number of benzene rings is 3. The maximum Gasteiger partial charge on any atom is 0.408 e. The number of aryl methyl sites for hydroxylation is 3. The number of nitrogens with one attached hydrogen (secondary N) is 5. The lowest BCUT2D eigenvalue weighted by Crippen LogP contribution is -2.57. The molecule has 8 amide bonds. The van der Waals surface area contributed by atoms with Gasteiger partial charge in [-0.1, -0.05) is 87.5 Å². The number of carbonyl (C=O) groups is 7. The molecular formula is C58H77N9O10S. The molecule has 19 nitrogen and oxygen atoms in total. The van der Waals surface area contributed by atoms with Gasteiger partial charge in [0.05, 0.1) is 52.5 Å². The van der Waals surface area contributed by atoms with Gasteiger partial charge in [-0.05, 0) is 106 Å². The molecule has 0 radical (unpaired) electrons. The third-order valence-electron chi connectivity index (χ3n) is 14.6. The minimum absolute atomic E-state index is 0.0000387. The van der Waals surface area contributed by atoms with Gasteiger partial charge >= 0.3 is 12.1 Å². The molecule has 20 heteroatoms. The van der Waals surface area contributed by atoms with Gasteiger partial charge in [0.25, 0.3) is 0 Å². The second kappa shape index (κ2) is 25.7. The van der Waals surface area contributed by atoms with Crippen molar-refractivity contribution >= 4 is 58.7 Å². The number of likely N-dealkylation sites (tertiary alicyclic amines) is 1. The third-order valence-corrected chi connectivity index (χ3v) is 15.5. The highest BCUT2D eigenvalue weighted by Gasteiger charge is 2.46. The number of thiazole rings is 1. The topological polar surface area (TPSA) is 264 Å². The van der Waals surface area contributed by atoms with E-state index in [1.54, 1.807) is 32.1 Å². The van der Waals surface area contributed by atoms with Gasteiger partial charge in [0.2, 0.25) is 29.5 Å². The number of nitrogens with two attached hydrogens (primary N) is 1. The van der Waals surface area contributed by atoms with Crippen LogP contribution in [0.3, 0.4) is 0 Å². The zero-order chi connectivity index (χ0) is 56.5. The average Bonchev–Trinajstić information content (AvgIpc) is 4.11. The van der Waals surface area contributed by atoms with Crippen molar-refractivity contribution in [1.29, 1.82) is 0 Å². The van der Waals surface area contributed by atoms with Gasteiger partial charge in [-0.15, -0.1) is 11.3 Å². The van der Waals surface area contributed by atoms with Crippen LogP contribution in [0, 0.1) is 18.3 Å². The molecule has 1 saturated heterocycles. The van der Waals surface area contributed by atoms with Crippen molar-refractivity contribution in [2.75, 3.05) is 24.5 Å². The SMILES string of the molecule is Cc1ncsc1-c1ccc(CNC(=O)[C@@H]2C[C@@H](O)CN2C(=O)C(CNC(=O)NCCCc2ccc(CO[C@H](C)[C@H](CCC(N)=O)NC(=O)[C@@H]3Cc4cccc5c4N3C(=O)[C@@H](NC(=O)OC(C)(C)C)CC5)cc2)C(C)(C)C)cc1. The number of β-amino-alcohol motifs (C(OH)–C–C–N with tert-alkyl or cyclic N) is 1. The summed E-state index contributed by atoms with van der Waals surface area (Å²) in [5.41, 5.74) is 13.3. The number of rotatable bonds is 21. The van der Waals surface area contributed by atoms with Gasteiger partial charge in [-0.3, -0.25) is 28.9 Å². The predicted octanol–water partition coefficient (Wildman–Crippen LogP) is 5.74. The number of aromatic nitrogens is 1. The van der Waals surface area contributed by atoms with Crippen LogP contribution < -0.4 is 37.2 Å². The van der Waals surface area contributed by atoms with Crippen molar-refractivity contribution in [2.45, 2.75) is 162 Å². The molecule has 3 aromatic carbocycles. The number of carbonyl (C=O) groups excluding carboxylic acids is 7. The monoisotopic (exact) mass is 1090 g/mol. The zero-order valence-electron chi connectivity index (χ0n) is 46.1. The maximum absolute atomic E-state index is 14.2. The fourth-order valence-corrected chi connectivity index (χ4v) is 11.1. The Kier molecular flexibility index (Phi) is 19.4. The number of alkyl carbamates (subject to hydrolysis) is 1. The predicted molar refractivity (Wildman–Crippen MR) is 297 cm³/mol. The van der Waals surface area contributed by atoms with Crippen LogP contribution in [0.25, 0.3) is 10.4 Å². The van der Waals surface area contributed by atoms with Crippen LogP contribution >= 0.6 is 11.3 Å². The van der Waals surface area contributed by atoms with Gasteiger partial charge in [0.15, 0.2) is 0 Å². The second-order valence-corrected chi connectivity index (χ2v) is 23.6. The summed E-state index contributed by atoms with van der Waals surface area (Å²) in [6, 6.07) is 17.8. The van der Waals surface area contributed by atoms with E-state index >= 15 is 0 Å². The van der Waals surface area contributed by atoms with Crippen molar-refractivity contribution < 1.29 is 48.1 Å². The number of nitrogens with zero attached hydrogens (tertiary/aromatic N) is 3. The van der Waals surface area contributed by atoms with E-state index in [4.69, 9.17) is 15.2 Å². The number of aliphatic hydroxyl groups is 1. The van der Waals surface area contributed by atoms with Crippen molar-refractivity contribution in [1.82, 2.24) is 36.5 Å². The van der Waals surface area contributed by atoms with Crippen LogP contribution in [-0.4, -0.2) is 118 Å². The molecular weight excluding hydrogens is 1010 g/mol. The highest BCUT2D eigenvalue weighted by Crippen LogP contribution is 2.39. The Balaban J connectivity index is 0.857. The van der Waals surface area contributed by atoms with Crippen molar-refractivity contribution in [3.8, 4) is 10.4 Å². The molecule has 1 unspecified atom stereocenters. The molecule has 7 rings (SSSR count). The lowest BCUT2D eigenvalue weighted by molar-refractivity contribution is -0.144. The highest BCUT2D eigenvalue weighted by molar-refractivity contribution is 7.13. The summed E-state index contributed by atoms with van der Waals surface area (Å²) in [5.74, 6) is -2.68. The molecule has 4 heterocycles. The fraction of sp³-hybridized carbons (Fsp3) is 0.517. The van der Waals surface area contributed by atoms with Crippen LogP contribution in [0.2, 0.25) is 0 Å².